The van der Waals surface area contributed by atoms with Crippen molar-refractivity contribution in [2.45, 2.75) is 18.9 Å². The number of hydrogen-bond donors (Lipinski definition) is 2. The first-order valence-corrected chi connectivity index (χ1v) is 9.62. The Morgan fingerprint density at radius 2 is 1.90 bits per heavy atom. The quantitative estimate of drug-likeness (QED) is 0.536. The number of ether oxygens (including phenoxy) is 2. The van der Waals surface area contributed by atoms with Gasteiger partial charge in [0.05, 0.1) is 25.4 Å². The number of benzene rings is 2. The second kappa shape index (κ2) is 6.81. The third kappa shape index (κ3) is 3.06. The Morgan fingerprint density at radius 1 is 1.07 bits per heavy atom. The Kier molecular flexibility index (Phi) is 4.12. The van der Waals surface area contributed by atoms with E-state index < -0.39 is 0 Å². The SMILES string of the molecule is COc1ccc(OC)c(-c2nc(C(=O)NC3CC3)cc3c2[nH]c2ccccc23)c1. The molecule has 0 bridgehead atoms. The molecular formula is C23H21N3O3. The minimum Gasteiger partial charge on any atom is -0.497 e. The van der Waals surface area contributed by atoms with E-state index in [1.807, 2.05) is 48.5 Å². The van der Waals surface area contributed by atoms with Crippen molar-refractivity contribution < 1.29 is 14.3 Å². The number of aromatic nitrogens is 2. The topological polar surface area (TPSA) is 76.2 Å². The third-order valence-electron chi connectivity index (χ3n) is 5.30. The molecule has 146 valence electrons. The molecule has 2 N–H and O–H groups in total. The van der Waals surface area contributed by atoms with Gasteiger partial charge in [-0.15, -0.1) is 0 Å². The lowest BCUT2D eigenvalue weighted by molar-refractivity contribution is 0.0946. The smallest absolute Gasteiger partial charge is 0.270 e. The maximum Gasteiger partial charge on any atom is 0.270 e. The number of pyridine rings is 1. The molecule has 1 fully saturated rings. The zero-order chi connectivity index (χ0) is 20.0. The minimum atomic E-state index is -0.150. The molecule has 1 aliphatic carbocycles. The van der Waals surface area contributed by atoms with Crippen LogP contribution in [0.15, 0.2) is 48.5 Å². The predicted octanol–water partition coefficient (Wildman–Crippen LogP) is 4.29. The molecule has 4 aromatic rings. The molecule has 0 saturated heterocycles. The van der Waals surface area contributed by atoms with E-state index in [-0.39, 0.29) is 11.9 Å². The van der Waals surface area contributed by atoms with E-state index >= 15 is 0 Å². The second-order valence-corrected chi connectivity index (χ2v) is 7.26. The van der Waals surface area contributed by atoms with Crippen LogP contribution in [0.5, 0.6) is 11.5 Å². The normalized spacial score (nSPS) is 13.6. The lowest BCUT2D eigenvalue weighted by Crippen LogP contribution is -2.26. The molecule has 5 rings (SSSR count). The van der Waals surface area contributed by atoms with E-state index in [2.05, 4.69) is 10.3 Å². The highest BCUT2D eigenvalue weighted by molar-refractivity contribution is 6.13. The Labute approximate surface area is 167 Å². The number of carbonyl (C=O) groups is 1. The highest BCUT2D eigenvalue weighted by atomic mass is 16.5. The van der Waals surface area contributed by atoms with Gasteiger partial charge in [0.15, 0.2) is 0 Å². The van der Waals surface area contributed by atoms with Crippen molar-refractivity contribution in [3.63, 3.8) is 0 Å². The van der Waals surface area contributed by atoms with E-state index in [4.69, 9.17) is 14.5 Å². The first-order valence-electron chi connectivity index (χ1n) is 9.62. The first kappa shape index (κ1) is 17.6. The van der Waals surface area contributed by atoms with Gasteiger partial charge in [0, 0.05) is 27.9 Å². The molecule has 2 aromatic heterocycles. The van der Waals surface area contributed by atoms with Gasteiger partial charge < -0.3 is 19.8 Å². The van der Waals surface area contributed by atoms with Crippen molar-refractivity contribution in [3.05, 3.63) is 54.2 Å². The summed E-state index contributed by atoms with van der Waals surface area (Å²) in [6, 6.07) is 15.7. The van der Waals surface area contributed by atoms with E-state index in [1.165, 1.54) is 0 Å². The van der Waals surface area contributed by atoms with Crippen LogP contribution in [0.4, 0.5) is 0 Å². The van der Waals surface area contributed by atoms with Crippen molar-refractivity contribution in [2.75, 3.05) is 14.2 Å². The van der Waals surface area contributed by atoms with Crippen molar-refractivity contribution in [3.8, 4) is 22.8 Å². The zero-order valence-corrected chi connectivity index (χ0v) is 16.3. The van der Waals surface area contributed by atoms with Gasteiger partial charge in [-0.3, -0.25) is 4.79 Å². The number of amides is 1. The summed E-state index contributed by atoms with van der Waals surface area (Å²) in [7, 11) is 3.24. The predicted molar refractivity (Wildman–Crippen MR) is 113 cm³/mol. The summed E-state index contributed by atoms with van der Waals surface area (Å²) in [6.45, 7) is 0. The summed E-state index contributed by atoms with van der Waals surface area (Å²) in [5.41, 5.74) is 3.68. The number of hydrogen-bond acceptors (Lipinski definition) is 4. The van der Waals surface area contributed by atoms with Gasteiger partial charge in [-0.1, -0.05) is 18.2 Å². The number of para-hydroxylation sites is 1. The average Bonchev–Trinajstić information content (AvgIpc) is 3.49. The van der Waals surface area contributed by atoms with Gasteiger partial charge in [-0.25, -0.2) is 4.98 Å². The van der Waals surface area contributed by atoms with E-state index in [1.54, 1.807) is 14.2 Å². The molecule has 0 radical (unpaired) electrons. The molecule has 0 aliphatic heterocycles. The molecule has 0 spiro atoms. The number of methoxy groups -OCH3 is 2. The second-order valence-electron chi connectivity index (χ2n) is 7.26. The van der Waals surface area contributed by atoms with Crippen LogP contribution in [-0.4, -0.2) is 36.1 Å². The molecule has 6 nitrogen and oxygen atoms in total. The van der Waals surface area contributed by atoms with Crippen molar-refractivity contribution in [1.82, 2.24) is 15.3 Å². The first-order chi connectivity index (χ1) is 14.2. The molecular weight excluding hydrogens is 366 g/mol. The number of aromatic amines is 1. The fourth-order valence-electron chi connectivity index (χ4n) is 3.64. The Bertz CT molecular complexity index is 1240. The van der Waals surface area contributed by atoms with Crippen LogP contribution in [0.25, 0.3) is 33.1 Å². The number of fused-ring (bicyclic) bond motifs is 3. The standard InChI is InChI=1S/C23H21N3O3/c1-28-14-9-10-20(29-2)17(11-14)22-21-16(15-5-3-4-6-18(15)25-21)12-19(26-22)23(27)24-13-7-8-13/h3-6,9-13,25H,7-8H2,1-2H3,(H,24,27). The van der Waals surface area contributed by atoms with Gasteiger partial charge in [-0.2, -0.15) is 0 Å². The van der Waals surface area contributed by atoms with Crippen molar-refractivity contribution >= 4 is 27.7 Å². The van der Waals surface area contributed by atoms with Gasteiger partial charge in [0.2, 0.25) is 0 Å². The molecule has 29 heavy (non-hydrogen) atoms. The average molecular weight is 387 g/mol. The fraction of sp³-hybridized carbons (Fsp3) is 0.217. The Morgan fingerprint density at radius 3 is 2.66 bits per heavy atom. The molecule has 0 atom stereocenters. The molecule has 1 saturated carbocycles. The highest BCUT2D eigenvalue weighted by Gasteiger charge is 2.26. The van der Waals surface area contributed by atoms with Crippen molar-refractivity contribution in [1.29, 1.82) is 0 Å². The highest BCUT2D eigenvalue weighted by Crippen LogP contribution is 2.38. The van der Waals surface area contributed by atoms with Crippen LogP contribution in [0.2, 0.25) is 0 Å². The monoisotopic (exact) mass is 387 g/mol. The fourth-order valence-corrected chi connectivity index (χ4v) is 3.64. The molecule has 0 unspecified atom stereocenters. The molecule has 1 aliphatic rings. The largest absolute Gasteiger partial charge is 0.497 e. The van der Waals surface area contributed by atoms with Crippen molar-refractivity contribution in [2.24, 2.45) is 0 Å². The molecule has 2 aromatic carbocycles. The van der Waals surface area contributed by atoms with Crippen LogP contribution in [0.1, 0.15) is 23.3 Å². The van der Waals surface area contributed by atoms with Gasteiger partial charge in [0.25, 0.3) is 5.91 Å². The Balaban J connectivity index is 1.80. The maximum atomic E-state index is 12.8. The summed E-state index contributed by atoms with van der Waals surface area (Å²) in [4.78, 5) is 21.0. The zero-order valence-electron chi connectivity index (χ0n) is 16.3. The van der Waals surface area contributed by atoms with Gasteiger partial charge in [0.1, 0.15) is 17.2 Å². The summed E-state index contributed by atoms with van der Waals surface area (Å²) in [5, 5.41) is 5.04. The number of nitrogens with one attached hydrogen (secondary N) is 2. The summed E-state index contributed by atoms with van der Waals surface area (Å²) in [6.07, 6.45) is 2.05. The molecule has 6 heteroatoms. The Hall–Kier alpha value is -3.54. The lowest BCUT2D eigenvalue weighted by atomic mass is 10.0. The van der Waals surface area contributed by atoms with E-state index in [0.29, 0.717) is 22.9 Å². The summed E-state index contributed by atoms with van der Waals surface area (Å²) >= 11 is 0. The summed E-state index contributed by atoms with van der Waals surface area (Å²) in [5.74, 6) is 1.21. The number of nitrogens with zero attached hydrogens (tertiary/aromatic N) is 1. The van der Waals surface area contributed by atoms with Gasteiger partial charge >= 0.3 is 0 Å². The van der Waals surface area contributed by atoms with E-state index in [0.717, 1.165) is 40.2 Å². The number of carbonyl (C=O) groups excluding carboxylic acids is 1. The maximum absolute atomic E-state index is 12.8. The molecule has 2 heterocycles. The van der Waals surface area contributed by atoms with E-state index in [9.17, 15) is 4.79 Å². The number of H-pyrrole nitrogens is 1. The van der Waals surface area contributed by atoms with Crippen LogP contribution in [-0.2, 0) is 0 Å². The van der Waals surface area contributed by atoms with Crippen LogP contribution in [0, 0.1) is 0 Å². The molecule has 1 amide bonds. The number of rotatable bonds is 5. The van der Waals surface area contributed by atoms with Crippen LogP contribution in [0.3, 0.4) is 0 Å². The summed E-state index contributed by atoms with van der Waals surface area (Å²) < 4.78 is 11.0. The third-order valence-corrected chi connectivity index (χ3v) is 5.30. The van der Waals surface area contributed by atoms with Crippen LogP contribution < -0.4 is 14.8 Å². The van der Waals surface area contributed by atoms with Gasteiger partial charge in [-0.05, 0) is 43.2 Å². The minimum absolute atomic E-state index is 0.150. The lowest BCUT2D eigenvalue weighted by Gasteiger charge is -2.12. The van der Waals surface area contributed by atoms with Crippen LogP contribution >= 0.6 is 0 Å².